The second-order valence-electron chi connectivity index (χ2n) is 5.30. The number of halogens is 2. The first-order valence-corrected chi connectivity index (χ1v) is 8.42. The van der Waals surface area contributed by atoms with Gasteiger partial charge < -0.3 is 5.32 Å². The third kappa shape index (κ3) is 4.51. The van der Waals surface area contributed by atoms with E-state index in [4.69, 9.17) is 0 Å². The van der Waals surface area contributed by atoms with E-state index in [0.717, 1.165) is 30.5 Å². The molecule has 0 spiro atoms. The van der Waals surface area contributed by atoms with Gasteiger partial charge in [-0.25, -0.2) is 4.39 Å². The van der Waals surface area contributed by atoms with E-state index in [9.17, 15) is 4.39 Å². The van der Waals surface area contributed by atoms with E-state index < -0.39 is 0 Å². The highest BCUT2D eigenvalue weighted by atomic mass is 127. The van der Waals surface area contributed by atoms with Crippen molar-refractivity contribution in [1.29, 1.82) is 0 Å². The van der Waals surface area contributed by atoms with Crippen LogP contribution in [0.1, 0.15) is 36.1 Å². The fraction of sp³-hybridized carbons (Fsp3) is 0.333. The first kappa shape index (κ1) is 16.4. The predicted octanol–water partition coefficient (Wildman–Crippen LogP) is 5.02. The summed E-state index contributed by atoms with van der Waals surface area (Å²) in [6.07, 6.45) is 1.89. The average Bonchev–Trinajstić information content (AvgIpc) is 2.48. The highest BCUT2D eigenvalue weighted by Gasteiger charge is 2.15. The standard InChI is InChI=1S/C18H21FIN/c1-3-10-21-18(16-6-4-5-7-17(16)20)12-14-11-15(19)9-8-13(14)2/h4-9,11,18,21H,3,10,12H2,1-2H3. The zero-order valence-electron chi connectivity index (χ0n) is 12.5. The maximum atomic E-state index is 13.5. The molecule has 0 bridgehead atoms. The van der Waals surface area contributed by atoms with Gasteiger partial charge in [0.1, 0.15) is 5.82 Å². The van der Waals surface area contributed by atoms with Crippen LogP contribution in [0.4, 0.5) is 4.39 Å². The van der Waals surface area contributed by atoms with Crippen molar-refractivity contribution in [3.63, 3.8) is 0 Å². The largest absolute Gasteiger partial charge is 0.310 e. The van der Waals surface area contributed by atoms with Gasteiger partial charge in [0.2, 0.25) is 0 Å². The minimum absolute atomic E-state index is 0.160. The van der Waals surface area contributed by atoms with Gasteiger partial charge in [-0.1, -0.05) is 31.2 Å². The maximum absolute atomic E-state index is 13.5. The lowest BCUT2D eigenvalue weighted by Crippen LogP contribution is -2.25. The zero-order valence-corrected chi connectivity index (χ0v) is 14.7. The van der Waals surface area contributed by atoms with Crippen molar-refractivity contribution < 1.29 is 4.39 Å². The number of hydrogen-bond acceptors (Lipinski definition) is 1. The topological polar surface area (TPSA) is 12.0 Å². The first-order valence-electron chi connectivity index (χ1n) is 7.34. The van der Waals surface area contributed by atoms with Gasteiger partial charge in [0.25, 0.3) is 0 Å². The van der Waals surface area contributed by atoms with E-state index in [1.807, 2.05) is 13.0 Å². The Morgan fingerprint density at radius 1 is 1.19 bits per heavy atom. The third-order valence-electron chi connectivity index (χ3n) is 3.66. The van der Waals surface area contributed by atoms with E-state index in [1.165, 1.54) is 15.2 Å². The lowest BCUT2D eigenvalue weighted by atomic mass is 9.96. The number of aryl methyl sites for hydroxylation is 1. The molecule has 1 nitrogen and oxygen atoms in total. The minimum Gasteiger partial charge on any atom is -0.310 e. The van der Waals surface area contributed by atoms with E-state index in [1.54, 1.807) is 6.07 Å². The van der Waals surface area contributed by atoms with Crippen LogP contribution in [0.15, 0.2) is 42.5 Å². The SMILES string of the molecule is CCCNC(Cc1cc(F)ccc1C)c1ccccc1I. The van der Waals surface area contributed by atoms with Crippen LogP contribution in [0.3, 0.4) is 0 Å². The van der Waals surface area contributed by atoms with Gasteiger partial charge in [0.15, 0.2) is 0 Å². The second kappa shape index (κ2) is 7.90. The summed E-state index contributed by atoms with van der Waals surface area (Å²) >= 11 is 2.37. The summed E-state index contributed by atoms with van der Waals surface area (Å²) in [5.74, 6) is -0.160. The summed E-state index contributed by atoms with van der Waals surface area (Å²) in [4.78, 5) is 0. The molecule has 0 radical (unpaired) electrons. The lowest BCUT2D eigenvalue weighted by Gasteiger charge is -2.21. The highest BCUT2D eigenvalue weighted by molar-refractivity contribution is 14.1. The van der Waals surface area contributed by atoms with Gasteiger partial charge in [0, 0.05) is 9.61 Å². The lowest BCUT2D eigenvalue weighted by molar-refractivity contribution is 0.524. The van der Waals surface area contributed by atoms with Crippen molar-refractivity contribution in [3.8, 4) is 0 Å². The average molecular weight is 397 g/mol. The molecule has 21 heavy (non-hydrogen) atoms. The summed E-state index contributed by atoms with van der Waals surface area (Å²) in [6, 6.07) is 13.7. The van der Waals surface area contributed by atoms with Crippen molar-refractivity contribution in [3.05, 3.63) is 68.5 Å². The Morgan fingerprint density at radius 3 is 2.67 bits per heavy atom. The quantitative estimate of drug-likeness (QED) is 0.675. The van der Waals surface area contributed by atoms with Crippen molar-refractivity contribution >= 4 is 22.6 Å². The van der Waals surface area contributed by atoms with Crippen LogP contribution in [0, 0.1) is 16.3 Å². The van der Waals surface area contributed by atoms with E-state index >= 15 is 0 Å². The molecular weight excluding hydrogens is 376 g/mol. The number of hydrogen-bond donors (Lipinski definition) is 1. The summed E-state index contributed by atoms with van der Waals surface area (Å²) in [7, 11) is 0. The normalized spacial score (nSPS) is 12.4. The Kier molecular flexibility index (Phi) is 6.18. The molecule has 0 saturated carbocycles. The fourth-order valence-corrected chi connectivity index (χ4v) is 3.21. The smallest absolute Gasteiger partial charge is 0.123 e. The number of nitrogens with one attached hydrogen (secondary N) is 1. The van der Waals surface area contributed by atoms with Crippen LogP contribution < -0.4 is 5.32 Å². The molecular formula is C18H21FIN. The molecule has 0 heterocycles. The second-order valence-corrected chi connectivity index (χ2v) is 6.47. The highest BCUT2D eigenvalue weighted by Crippen LogP contribution is 2.25. The van der Waals surface area contributed by atoms with Gasteiger partial charge in [-0.15, -0.1) is 0 Å². The molecule has 0 aliphatic carbocycles. The number of rotatable bonds is 6. The third-order valence-corrected chi connectivity index (χ3v) is 4.64. The van der Waals surface area contributed by atoms with Crippen LogP contribution >= 0.6 is 22.6 Å². The first-order chi connectivity index (χ1) is 10.1. The molecule has 3 heteroatoms. The van der Waals surface area contributed by atoms with Crippen molar-refractivity contribution in [2.24, 2.45) is 0 Å². The minimum atomic E-state index is -0.160. The predicted molar refractivity (Wildman–Crippen MR) is 95.0 cm³/mol. The van der Waals surface area contributed by atoms with Crippen LogP contribution in [0.25, 0.3) is 0 Å². The Labute approximate surface area is 140 Å². The van der Waals surface area contributed by atoms with Gasteiger partial charge >= 0.3 is 0 Å². The molecule has 0 saturated heterocycles. The summed E-state index contributed by atoms with van der Waals surface area (Å²) in [6.45, 7) is 5.17. The van der Waals surface area contributed by atoms with E-state index in [-0.39, 0.29) is 11.9 Å². The monoisotopic (exact) mass is 397 g/mol. The van der Waals surface area contributed by atoms with Crippen molar-refractivity contribution in [2.45, 2.75) is 32.7 Å². The van der Waals surface area contributed by atoms with E-state index in [0.29, 0.717) is 0 Å². The van der Waals surface area contributed by atoms with Gasteiger partial charge in [0.05, 0.1) is 0 Å². The molecule has 1 atom stereocenters. The molecule has 2 aromatic carbocycles. The molecule has 1 unspecified atom stereocenters. The summed E-state index contributed by atoms with van der Waals surface area (Å²) in [5.41, 5.74) is 3.50. The maximum Gasteiger partial charge on any atom is 0.123 e. The van der Waals surface area contributed by atoms with Crippen molar-refractivity contribution in [1.82, 2.24) is 5.32 Å². The summed E-state index contributed by atoms with van der Waals surface area (Å²) < 4.78 is 14.8. The van der Waals surface area contributed by atoms with Gasteiger partial charge in [-0.2, -0.15) is 0 Å². The number of benzene rings is 2. The molecule has 0 aromatic heterocycles. The fourth-order valence-electron chi connectivity index (χ4n) is 2.45. The Bertz CT molecular complexity index is 598. The Balaban J connectivity index is 2.28. The van der Waals surface area contributed by atoms with Crippen LogP contribution in [0.2, 0.25) is 0 Å². The van der Waals surface area contributed by atoms with E-state index in [2.05, 4.69) is 59.1 Å². The molecule has 0 fully saturated rings. The molecule has 0 aliphatic heterocycles. The van der Waals surface area contributed by atoms with Crippen LogP contribution in [0.5, 0.6) is 0 Å². The molecule has 1 N–H and O–H groups in total. The van der Waals surface area contributed by atoms with Crippen molar-refractivity contribution in [2.75, 3.05) is 6.54 Å². The van der Waals surface area contributed by atoms with Crippen LogP contribution in [-0.2, 0) is 6.42 Å². The molecule has 0 aliphatic rings. The molecule has 2 rings (SSSR count). The van der Waals surface area contributed by atoms with Gasteiger partial charge in [-0.3, -0.25) is 0 Å². The van der Waals surface area contributed by atoms with Gasteiger partial charge in [-0.05, 0) is 83.8 Å². The molecule has 0 amide bonds. The summed E-state index contributed by atoms with van der Waals surface area (Å²) in [5, 5.41) is 3.59. The van der Waals surface area contributed by atoms with Crippen LogP contribution in [-0.4, -0.2) is 6.54 Å². The zero-order chi connectivity index (χ0) is 15.2. The Hall–Kier alpha value is -0.940. The molecule has 2 aromatic rings. The Morgan fingerprint density at radius 2 is 1.95 bits per heavy atom. The molecule has 112 valence electrons.